The van der Waals surface area contributed by atoms with E-state index in [-0.39, 0.29) is 0 Å². The lowest BCUT2D eigenvalue weighted by Crippen LogP contribution is -2.18. The highest BCUT2D eigenvalue weighted by atomic mass is 79.9. The average Bonchev–Trinajstić information content (AvgIpc) is 2.15. The zero-order chi connectivity index (χ0) is 9.68. The van der Waals surface area contributed by atoms with Gasteiger partial charge in [-0.25, -0.2) is 0 Å². The highest BCUT2D eigenvalue weighted by Crippen LogP contribution is 2.24. The molecule has 0 bridgehead atoms. The van der Waals surface area contributed by atoms with Crippen LogP contribution in [0.2, 0.25) is 0 Å². The fourth-order valence-corrected chi connectivity index (χ4v) is 1.69. The lowest BCUT2D eigenvalue weighted by molar-refractivity contribution is 0.903. The Morgan fingerprint density at radius 3 is 2.77 bits per heavy atom. The van der Waals surface area contributed by atoms with E-state index in [1.165, 1.54) is 0 Å². The van der Waals surface area contributed by atoms with Gasteiger partial charge in [0.2, 0.25) is 0 Å². The summed E-state index contributed by atoms with van der Waals surface area (Å²) in [6, 6.07) is 10.1. The minimum absolute atomic E-state index is 0.553. The Hall–Kier alpha value is -1.01. The molecule has 0 N–H and O–H groups in total. The summed E-state index contributed by atoms with van der Waals surface area (Å²) < 4.78 is 1.07. The largest absolute Gasteiger partial charge is 0.373 e. The van der Waals surface area contributed by atoms with Crippen molar-refractivity contribution in [1.82, 2.24) is 0 Å². The first-order chi connectivity index (χ1) is 6.25. The molecule has 2 nitrogen and oxygen atoms in total. The molecule has 0 atom stereocenters. The Morgan fingerprint density at radius 1 is 1.46 bits per heavy atom. The van der Waals surface area contributed by atoms with Crippen molar-refractivity contribution in [3.05, 3.63) is 28.7 Å². The van der Waals surface area contributed by atoms with Crippen molar-refractivity contribution in [3.8, 4) is 6.07 Å². The number of nitrogens with zero attached hydrogens (tertiary/aromatic N) is 2. The van der Waals surface area contributed by atoms with E-state index in [9.17, 15) is 0 Å². The van der Waals surface area contributed by atoms with E-state index in [0.29, 0.717) is 6.42 Å². The molecule has 68 valence electrons. The molecule has 3 heteroatoms. The van der Waals surface area contributed by atoms with Gasteiger partial charge in [-0.05, 0) is 28.1 Å². The third-order valence-electron chi connectivity index (χ3n) is 1.82. The number of benzene rings is 1. The topological polar surface area (TPSA) is 27.0 Å². The van der Waals surface area contributed by atoms with Crippen LogP contribution in [-0.2, 0) is 0 Å². The Balaban J connectivity index is 2.72. The standard InChI is InChI=1S/C10H11BrN2/c1-13(8-4-7-12)10-6-3-2-5-9(10)11/h2-3,5-6H,4,8H2,1H3. The number of hydrogen-bond donors (Lipinski definition) is 0. The molecule has 0 saturated heterocycles. The number of anilines is 1. The van der Waals surface area contributed by atoms with Gasteiger partial charge in [-0.1, -0.05) is 12.1 Å². The molecule has 0 aromatic heterocycles. The maximum absolute atomic E-state index is 8.44. The number of hydrogen-bond acceptors (Lipinski definition) is 2. The summed E-state index contributed by atoms with van der Waals surface area (Å²) in [5.41, 5.74) is 1.12. The second kappa shape index (κ2) is 4.88. The quantitative estimate of drug-likeness (QED) is 0.810. The molecule has 0 heterocycles. The summed E-state index contributed by atoms with van der Waals surface area (Å²) in [6.45, 7) is 0.763. The Morgan fingerprint density at radius 2 is 2.15 bits per heavy atom. The Bertz CT molecular complexity index is 317. The first-order valence-corrected chi connectivity index (χ1v) is 4.87. The molecule has 13 heavy (non-hydrogen) atoms. The molecule has 0 spiro atoms. The minimum atomic E-state index is 0.553. The summed E-state index contributed by atoms with van der Waals surface area (Å²) in [4.78, 5) is 2.06. The van der Waals surface area contributed by atoms with Gasteiger partial charge in [-0.15, -0.1) is 0 Å². The van der Waals surface area contributed by atoms with Gasteiger partial charge in [0.05, 0.1) is 18.2 Å². The van der Waals surface area contributed by atoms with Crippen LogP contribution in [0.5, 0.6) is 0 Å². The summed E-state index contributed by atoms with van der Waals surface area (Å²) in [7, 11) is 1.98. The molecule has 0 unspecified atom stereocenters. The van der Waals surface area contributed by atoms with Crippen LogP contribution in [0.4, 0.5) is 5.69 Å². The average molecular weight is 239 g/mol. The molecule has 0 aliphatic rings. The first-order valence-electron chi connectivity index (χ1n) is 4.08. The maximum atomic E-state index is 8.44. The predicted molar refractivity (Wildman–Crippen MR) is 57.6 cm³/mol. The smallest absolute Gasteiger partial charge is 0.0640 e. The van der Waals surface area contributed by atoms with E-state index >= 15 is 0 Å². The van der Waals surface area contributed by atoms with Gasteiger partial charge in [0, 0.05) is 18.1 Å². The van der Waals surface area contributed by atoms with Crippen molar-refractivity contribution < 1.29 is 0 Å². The Kier molecular flexibility index (Phi) is 3.78. The van der Waals surface area contributed by atoms with Crippen LogP contribution in [0.25, 0.3) is 0 Å². The summed E-state index contributed by atoms with van der Waals surface area (Å²) in [5, 5.41) is 8.44. The molecular formula is C10H11BrN2. The minimum Gasteiger partial charge on any atom is -0.373 e. The van der Waals surface area contributed by atoms with Gasteiger partial charge in [0.1, 0.15) is 0 Å². The van der Waals surface area contributed by atoms with E-state index in [4.69, 9.17) is 5.26 Å². The fraction of sp³-hybridized carbons (Fsp3) is 0.300. The van der Waals surface area contributed by atoms with E-state index in [2.05, 4.69) is 26.9 Å². The Labute approximate surface area is 86.9 Å². The second-order valence-electron chi connectivity index (χ2n) is 2.78. The third-order valence-corrected chi connectivity index (χ3v) is 2.49. The van der Waals surface area contributed by atoms with Crippen LogP contribution in [0.1, 0.15) is 6.42 Å². The molecule has 0 fully saturated rings. The summed E-state index contributed by atoms with van der Waals surface area (Å²) in [5.74, 6) is 0. The van der Waals surface area contributed by atoms with Crippen molar-refractivity contribution in [2.75, 3.05) is 18.5 Å². The first kappa shape index (κ1) is 10.1. The van der Waals surface area contributed by atoms with Crippen molar-refractivity contribution in [2.24, 2.45) is 0 Å². The molecular weight excluding hydrogens is 228 g/mol. The van der Waals surface area contributed by atoms with Crippen LogP contribution in [0.15, 0.2) is 28.7 Å². The predicted octanol–water partition coefficient (Wildman–Crippen LogP) is 2.80. The van der Waals surface area contributed by atoms with Gasteiger partial charge < -0.3 is 4.90 Å². The van der Waals surface area contributed by atoms with E-state index in [1.54, 1.807) is 0 Å². The van der Waals surface area contributed by atoms with Crippen molar-refractivity contribution in [3.63, 3.8) is 0 Å². The van der Waals surface area contributed by atoms with Crippen LogP contribution in [-0.4, -0.2) is 13.6 Å². The zero-order valence-electron chi connectivity index (χ0n) is 7.50. The SMILES string of the molecule is CN(CCC#N)c1ccccc1Br. The van der Waals surface area contributed by atoms with Crippen LogP contribution in [0.3, 0.4) is 0 Å². The number of rotatable bonds is 3. The third kappa shape index (κ3) is 2.74. The molecule has 0 radical (unpaired) electrons. The van der Waals surface area contributed by atoms with Crippen LogP contribution in [0, 0.1) is 11.3 Å². The molecule has 0 saturated carbocycles. The molecule has 1 aromatic rings. The monoisotopic (exact) mass is 238 g/mol. The zero-order valence-corrected chi connectivity index (χ0v) is 9.08. The van der Waals surface area contributed by atoms with Crippen molar-refractivity contribution in [2.45, 2.75) is 6.42 Å². The maximum Gasteiger partial charge on any atom is 0.0640 e. The number of nitriles is 1. The van der Waals surface area contributed by atoms with E-state index in [1.807, 2.05) is 31.3 Å². The van der Waals surface area contributed by atoms with Crippen molar-refractivity contribution in [1.29, 1.82) is 5.26 Å². The molecule has 1 rings (SSSR count). The van der Waals surface area contributed by atoms with Gasteiger partial charge in [-0.3, -0.25) is 0 Å². The van der Waals surface area contributed by atoms with Gasteiger partial charge >= 0.3 is 0 Å². The molecule has 0 aliphatic heterocycles. The van der Waals surface area contributed by atoms with Crippen molar-refractivity contribution >= 4 is 21.6 Å². The van der Waals surface area contributed by atoms with Gasteiger partial charge in [0.15, 0.2) is 0 Å². The number of para-hydroxylation sites is 1. The van der Waals surface area contributed by atoms with Crippen LogP contribution < -0.4 is 4.90 Å². The second-order valence-corrected chi connectivity index (χ2v) is 3.64. The number of halogens is 1. The van der Waals surface area contributed by atoms with E-state index < -0.39 is 0 Å². The molecule has 0 aliphatic carbocycles. The lowest BCUT2D eigenvalue weighted by Gasteiger charge is -2.18. The van der Waals surface area contributed by atoms with Gasteiger partial charge in [0.25, 0.3) is 0 Å². The summed E-state index contributed by atoms with van der Waals surface area (Å²) >= 11 is 3.46. The lowest BCUT2D eigenvalue weighted by atomic mass is 10.3. The molecule has 0 amide bonds. The van der Waals surface area contributed by atoms with Crippen LogP contribution >= 0.6 is 15.9 Å². The summed E-state index contributed by atoms with van der Waals surface area (Å²) in [6.07, 6.45) is 0.553. The highest BCUT2D eigenvalue weighted by molar-refractivity contribution is 9.10. The molecule has 1 aromatic carbocycles. The fourth-order valence-electron chi connectivity index (χ4n) is 1.10. The van der Waals surface area contributed by atoms with E-state index in [0.717, 1.165) is 16.7 Å². The van der Waals surface area contributed by atoms with Gasteiger partial charge in [-0.2, -0.15) is 5.26 Å². The highest BCUT2D eigenvalue weighted by Gasteiger charge is 2.02. The normalized spacial score (nSPS) is 9.31.